The Morgan fingerprint density at radius 3 is 2.22 bits per heavy atom. The zero-order valence-corrected chi connectivity index (χ0v) is 25.9. The van der Waals surface area contributed by atoms with Crippen LogP contribution in [0.1, 0.15) is 65.4 Å². The van der Waals surface area contributed by atoms with E-state index < -0.39 is 6.04 Å². The van der Waals surface area contributed by atoms with E-state index in [2.05, 4.69) is 28.6 Å². The SMILES string of the molecule is CCOCCOCCOCCOCCCC(=O)C[C@@H]1N=C(c2ccc(Cl)cc2)c2c(sc(C)c2C)-n2c(C)nnc21. The van der Waals surface area contributed by atoms with Gasteiger partial charge in [-0.2, -0.15) is 0 Å². The highest BCUT2D eigenvalue weighted by Crippen LogP contribution is 2.39. The number of hydrogen-bond donors (Lipinski definition) is 0. The molecule has 0 saturated heterocycles. The standard InChI is InChI=1S/C30H39ClN4O5S/c1-5-37-13-14-39-17-18-40-16-15-38-12-6-7-25(36)19-26-29-34-33-22(4)35(29)30-27(20(2)21(3)41-30)28(32-26)23-8-10-24(31)11-9-23/h8-11,26H,5-7,12-19H2,1-4H3/t26-/m0/s1. The molecule has 0 amide bonds. The molecule has 11 heteroatoms. The van der Waals surface area contributed by atoms with Crippen molar-refractivity contribution in [1.29, 1.82) is 0 Å². The lowest BCUT2D eigenvalue weighted by Gasteiger charge is -2.12. The largest absolute Gasteiger partial charge is 0.379 e. The molecule has 0 unspecified atom stereocenters. The summed E-state index contributed by atoms with van der Waals surface area (Å²) in [6.07, 6.45) is 1.29. The Bertz CT molecular complexity index is 1320. The molecule has 3 aromatic rings. The molecular formula is C30H39ClN4O5S. The molecule has 1 aliphatic rings. The molecule has 3 heterocycles. The molecule has 0 spiro atoms. The summed E-state index contributed by atoms with van der Waals surface area (Å²) in [7, 11) is 0. The Morgan fingerprint density at radius 2 is 1.56 bits per heavy atom. The van der Waals surface area contributed by atoms with Gasteiger partial charge >= 0.3 is 0 Å². The number of ketones is 1. The van der Waals surface area contributed by atoms with E-state index in [0.29, 0.717) is 76.5 Å². The van der Waals surface area contributed by atoms with E-state index in [9.17, 15) is 4.79 Å². The van der Waals surface area contributed by atoms with Gasteiger partial charge in [-0.3, -0.25) is 14.4 Å². The Morgan fingerprint density at radius 1 is 0.927 bits per heavy atom. The maximum absolute atomic E-state index is 13.1. The number of hydrogen-bond acceptors (Lipinski definition) is 9. The number of carbonyl (C=O) groups excluding carboxylic acids is 1. The summed E-state index contributed by atoms with van der Waals surface area (Å²) in [6, 6.07) is 7.25. The van der Waals surface area contributed by atoms with E-state index in [0.717, 1.165) is 27.7 Å². The Kier molecular flexibility index (Phi) is 12.0. The van der Waals surface area contributed by atoms with Gasteiger partial charge in [0.15, 0.2) is 5.82 Å². The number of aryl methyl sites for hydroxylation is 2. The number of benzene rings is 1. The fourth-order valence-corrected chi connectivity index (χ4v) is 5.97. The maximum atomic E-state index is 13.1. The number of aliphatic imine (C=N–C) groups is 1. The first-order valence-corrected chi connectivity index (χ1v) is 15.3. The van der Waals surface area contributed by atoms with E-state index in [-0.39, 0.29) is 12.2 Å². The van der Waals surface area contributed by atoms with Crippen LogP contribution in [0.5, 0.6) is 0 Å². The first kappa shape index (κ1) is 31.5. The van der Waals surface area contributed by atoms with Crippen LogP contribution in [0.4, 0.5) is 0 Å². The van der Waals surface area contributed by atoms with Gasteiger partial charge in [-0.25, -0.2) is 0 Å². The summed E-state index contributed by atoms with van der Waals surface area (Å²) in [5.41, 5.74) is 4.03. The van der Waals surface area contributed by atoms with Crippen molar-refractivity contribution >= 4 is 34.4 Å². The molecule has 0 aliphatic carbocycles. The molecule has 9 nitrogen and oxygen atoms in total. The van der Waals surface area contributed by atoms with Gasteiger partial charge in [0.1, 0.15) is 22.7 Å². The minimum Gasteiger partial charge on any atom is -0.379 e. The van der Waals surface area contributed by atoms with E-state index in [1.807, 2.05) is 38.1 Å². The van der Waals surface area contributed by atoms with Crippen molar-refractivity contribution in [3.05, 3.63) is 62.5 Å². The van der Waals surface area contributed by atoms with E-state index in [1.165, 1.54) is 10.4 Å². The third kappa shape index (κ3) is 8.30. The second kappa shape index (κ2) is 15.7. The van der Waals surface area contributed by atoms with Crippen molar-refractivity contribution < 1.29 is 23.7 Å². The van der Waals surface area contributed by atoms with Gasteiger partial charge in [0.25, 0.3) is 0 Å². The molecule has 4 rings (SSSR count). The van der Waals surface area contributed by atoms with Crippen LogP contribution < -0.4 is 0 Å². The lowest BCUT2D eigenvalue weighted by atomic mass is 9.99. The van der Waals surface area contributed by atoms with E-state index in [1.54, 1.807) is 11.3 Å². The van der Waals surface area contributed by atoms with Crippen LogP contribution in [0, 0.1) is 20.8 Å². The van der Waals surface area contributed by atoms with Gasteiger partial charge in [-0.1, -0.05) is 23.7 Å². The number of aromatic nitrogens is 3. The highest BCUT2D eigenvalue weighted by Gasteiger charge is 2.32. The van der Waals surface area contributed by atoms with Crippen LogP contribution in [0.2, 0.25) is 5.02 Å². The molecule has 1 aromatic carbocycles. The number of carbonyl (C=O) groups is 1. The molecule has 0 fully saturated rings. The van der Waals surface area contributed by atoms with Gasteiger partial charge in [-0.05, 0) is 51.8 Å². The molecule has 0 N–H and O–H groups in total. The lowest BCUT2D eigenvalue weighted by molar-refractivity contribution is -0.119. The highest BCUT2D eigenvalue weighted by molar-refractivity contribution is 7.15. The predicted octanol–water partition coefficient (Wildman–Crippen LogP) is 5.63. The van der Waals surface area contributed by atoms with E-state index >= 15 is 0 Å². The summed E-state index contributed by atoms with van der Waals surface area (Å²) in [5, 5.41) is 10.5. The predicted molar refractivity (Wildman–Crippen MR) is 161 cm³/mol. The Balaban J connectivity index is 1.33. The fraction of sp³-hybridized carbons (Fsp3) is 0.533. The summed E-state index contributed by atoms with van der Waals surface area (Å²) in [5.74, 6) is 1.58. The van der Waals surface area contributed by atoms with Crippen LogP contribution in [-0.4, -0.2) is 79.1 Å². The topological polar surface area (TPSA) is 97.1 Å². The van der Waals surface area contributed by atoms with E-state index in [4.69, 9.17) is 35.5 Å². The zero-order chi connectivity index (χ0) is 29.2. The second-order valence-corrected chi connectivity index (χ2v) is 11.4. The average Bonchev–Trinajstić information content (AvgIpc) is 3.43. The summed E-state index contributed by atoms with van der Waals surface area (Å²) < 4.78 is 23.9. The molecule has 1 atom stereocenters. The monoisotopic (exact) mass is 602 g/mol. The summed E-state index contributed by atoms with van der Waals surface area (Å²) in [4.78, 5) is 19.5. The molecule has 1 aliphatic heterocycles. The van der Waals surface area contributed by atoms with Gasteiger partial charge in [0, 0.05) is 47.1 Å². The number of Topliss-reactive ketones (excluding diaryl/α,β-unsaturated/α-hetero) is 1. The molecule has 0 saturated carbocycles. The van der Waals surface area contributed by atoms with Crippen LogP contribution in [0.3, 0.4) is 0 Å². The summed E-state index contributed by atoms with van der Waals surface area (Å²) >= 11 is 7.89. The van der Waals surface area contributed by atoms with Crippen LogP contribution in [0.25, 0.3) is 5.00 Å². The number of ether oxygens (including phenoxy) is 4. The minimum absolute atomic E-state index is 0.114. The first-order valence-electron chi connectivity index (χ1n) is 14.1. The third-order valence-corrected chi connectivity index (χ3v) is 8.29. The number of thiophene rings is 1. The Labute approximate surface area is 250 Å². The van der Waals surface area contributed by atoms with Gasteiger partial charge in [-0.15, -0.1) is 21.5 Å². The van der Waals surface area contributed by atoms with Gasteiger partial charge < -0.3 is 18.9 Å². The highest BCUT2D eigenvalue weighted by atomic mass is 35.5. The maximum Gasteiger partial charge on any atom is 0.163 e. The van der Waals surface area contributed by atoms with Crippen LogP contribution in [-0.2, 0) is 23.7 Å². The van der Waals surface area contributed by atoms with Gasteiger partial charge in [0.2, 0.25) is 0 Å². The number of rotatable bonds is 17. The number of nitrogens with zero attached hydrogens (tertiary/aromatic N) is 4. The van der Waals surface area contributed by atoms with Crippen LogP contribution >= 0.6 is 22.9 Å². The quantitative estimate of drug-likeness (QED) is 0.185. The van der Waals surface area contributed by atoms with Crippen molar-refractivity contribution in [2.45, 2.75) is 53.0 Å². The summed E-state index contributed by atoms with van der Waals surface area (Å²) in [6.45, 7) is 12.5. The van der Waals surface area contributed by atoms with Crippen molar-refractivity contribution in [3.8, 4) is 5.00 Å². The smallest absolute Gasteiger partial charge is 0.163 e. The van der Waals surface area contributed by atoms with Crippen molar-refractivity contribution in [3.63, 3.8) is 0 Å². The normalized spacial score (nSPS) is 14.5. The van der Waals surface area contributed by atoms with Crippen molar-refractivity contribution in [2.24, 2.45) is 4.99 Å². The number of halogens is 1. The minimum atomic E-state index is -0.446. The average molecular weight is 603 g/mol. The number of fused-ring (bicyclic) bond motifs is 3. The van der Waals surface area contributed by atoms with Crippen molar-refractivity contribution in [1.82, 2.24) is 14.8 Å². The molecule has 0 bridgehead atoms. The van der Waals surface area contributed by atoms with Gasteiger partial charge in [0.05, 0.1) is 45.4 Å². The van der Waals surface area contributed by atoms with Crippen LogP contribution in [0.15, 0.2) is 29.3 Å². The van der Waals surface area contributed by atoms with Crippen molar-refractivity contribution in [2.75, 3.05) is 52.9 Å². The zero-order valence-electron chi connectivity index (χ0n) is 24.3. The second-order valence-electron chi connectivity index (χ2n) is 9.79. The Hall–Kier alpha value is -2.47. The molecular weight excluding hydrogens is 564 g/mol. The molecule has 41 heavy (non-hydrogen) atoms. The third-order valence-electron chi connectivity index (χ3n) is 6.84. The lowest BCUT2D eigenvalue weighted by Crippen LogP contribution is -2.13. The first-order chi connectivity index (χ1) is 19.9. The molecule has 2 aromatic heterocycles. The molecule has 0 radical (unpaired) electrons. The molecule has 222 valence electrons. The fourth-order valence-electron chi connectivity index (χ4n) is 4.63.